The van der Waals surface area contributed by atoms with Crippen LogP contribution in [0.1, 0.15) is 24.0 Å². The molecule has 3 rings (SSSR count). The molecule has 0 saturated heterocycles. The fourth-order valence-electron chi connectivity index (χ4n) is 2.60. The average molecular weight is 262 g/mol. The topological polar surface area (TPSA) is 47.7 Å². The molecule has 1 aromatic rings. The second-order valence-corrected chi connectivity index (χ2v) is 5.98. The van der Waals surface area contributed by atoms with Crippen molar-refractivity contribution in [3.63, 3.8) is 0 Å². The van der Waals surface area contributed by atoms with Crippen LogP contribution in [0.25, 0.3) is 0 Å². The average Bonchev–Trinajstić information content (AvgIpc) is 2.90. The predicted molar refractivity (Wildman–Crippen MR) is 74.7 cm³/mol. The van der Waals surface area contributed by atoms with Gasteiger partial charge in [0.2, 0.25) is 6.79 Å². The van der Waals surface area contributed by atoms with E-state index in [0.717, 1.165) is 31.0 Å². The number of aryl methyl sites for hydroxylation is 1. The number of nitrogens with two attached hydrogens (primary N) is 1. The third-order valence-corrected chi connectivity index (χ3v) is 4.07. The minimum Gasteiger partial charge on any atom is -0.454 e. The van der Waals surface area contributed by atoms with Crippen LogP contribution in [0.15, 0.2) is 12.1 Å². The van der Waals surface area contributed by atoms with Crippen molar-refractivity contribution >= 4 is 0 Å². The Labute approximate surface area is 114 Å². The lowest BCUT2D eigenvalue weighted by Gasteiger charge is -2.21. The third-order valence-electron chi connectivity index (χ3n) is 4.07. The van der Waals surface area contributed by atoms with Crippen LogP contribution in [0.2, 0.25) is 0 Å². The molecule has 0 atom stereocenters. The molecule has 1 saturated carbocycles. The Bertz CT molecular complexity index is 483. The molecule has 1 aliphatic heterocycles. The van der Waals surface area contributed by atoms with Gasteiger partial charge in [0.1, 0.15) is 0 Å². The van der Waals surface area contributed by atoms with Gasteiger partial charge in [-0.3, -0.25) is 0 Å². The molecular weight excluding hydrogens is 240 g/mol. The van der Waals surface area contributed by atoms with Gasteiger partial charge >= 0.3 is 0 Å². The smallest absolute Gasteiger partial charge is 0.231 e. The van der Waals surface area contributed by atoms with Gasteiger partial charge in [0, 0.05) is 18.6 Å². The Kier molecular flexibility index (Phi) is 3.15. The summed E-state index contributed by atoms with van der Waals surface area (Å²) in [5, 5.41) is 0. The van der Waals surface area contributed by atoms with Gasteiger partial charge in [-0.05, 0) is 56.5 Å². The number of benzene rings is 1. The number of likely N-dealkylation sites (N-methyl/N-ethyl adjacent to an activating group) is 1. The maximum atomic E-state index is 6.14. The van der Waals surface area contributed by atoms with E-state index in [-0.39, 0.29) is 5.54 Å². The number of fused-ring (bicyclic) bond motifs is 1. The molecule has 0 amide bonds. The first-order valence-electron chi connectivity index (χ1n) is 6.92. The maximum absolute atomic E-state index is 6.14. The van der Waals surface area contributed by atoms with Crippen LogP contribution < -0.4 is 15.2 Å². The summed E-state index contributed by atoms with van der Waals surface area (Å²) in [6.45, 7) is 4.49. The predicted octanol–water partition coefficient (Wildman–Crippen LogP) is 1.69. The highest BCUT2D eigenvalue weighted by Gasteiger charge is 2.38. The second-order valence-electron chi connectivity index (χ2n) is 5.98. The van der Waals surface area contributed by atoms with E-state index in [1.807, 2.05) is 0 Å². The highest BCUT2D eigenvalue weighted by Crippen LogP contribution is 2.35. The van der Waals surface area contributed by atoms with Crippen LogP contribution in [0, 0.1) is 6.92 Å². The zero-order valence-electron chi connectivity index (χ0n) is 11.7. The largest absolute Gasteiger partial charge is 0.454 e. The molecule has 0 aromatic heterocycles. The molecule has 1 aliphatic carbocycles. The monoisotopic (exact) mass is 262 g/mol. The van der Waals surface area contributed by atoms with Gasteiger partial charge in [-0.2, -0.15) is 0 Å². The lowest BCUT2D eigenvalue weighted by atomic mass is 10.0. The van der Waals surface area contributed by atoms with Crippen molar-refractivity contribution in [2.45, 2.75) is 31.7 Å². The summed E-state index contributed by atoms with van der Waals surface area (Å²) in [5.41, 5.74) is 8.84. The first-order chi connectivity index (χ1) is 9.06. The van der Waals surface area contributed by atoms with E-state index in [0.29, 0.717) is 6.79 Å². The highest BCUT2D eigenvalue weighted by atomic mass is 16.7. The van der Waals surface area contributed by atoms with Gasteiger partial charge < -0.3 is 20.1 Å². The molecule has 0 bridgehead atoms. The normalized spacial score (nSPS) is 18.9. The summed E-state index contributed by atoms with van der Waals surface area (Å²) in [6, 6.07) is 4.18. The lowest BCUT2D eigenvalue weighted by Crippen LogP contribution is -2.38. The molecule has 2 N–H and O–H groups in total. The molecule has 0 spiro atoms. The van der Waals surface area contributed by atoms with Crippen LogP contribution >= 0.6 is 0 Å². The van der Waals surface area contributed by atoms with E-state index in [4.69, 9.17) is 15.2 Å². The van der Waals surface area contributed by atoms with Crippen molar-refractivity contribution in [2.75, 3.05) is 26.9 Å². The summed E-state index contributed by atoms with van der Waals surface area (Å²) in [5.74, 6) is 1.74. The van der Waals surface area contributed by atoms with Crippen molar-refractivity contribution in [3.8, 4) is 11.5 Å². The van der Waals surface area contributed by atoms with E-state index >= 15 is 0 Å². The summed E-state index contributed by atoms with van der Waals surface area (Å²) in [6.07, 6.45) is 3.36. The molecule has 1 heterocycles. The molecule has 0 radical (unpaired) electrons. The van der Waals surface area contributed by atoms with Gasteiger partial charge in [-0.1, -0.05) is 0 Å². The zero-order chi connectivity index (χ0) is 13.5. The number of hydrogen-bond donors (Lipinski definition) is 1. The number of hydrogen-bond acceptors (Lipinski definition) is 4. The van der Waals surface area contributed by atoms with Crippen molar-refractivity contribution in [1.82, 2.24) is 4.90 Å². The van der Waals surface area contributed by atoms with Crippen LogP contribution in [-0.2, 0) is 6.42 Å². The maximum Gasteiger partial charge on any atom is 0.231 e. The second kappa shape index (κ2) is 4.69. The minimum absolute atomic E-state index is 0.0959. The van der Waals surface area contributed by atoms with Crippen molar-refractivity contribution in [3.05, 3.63) is 23.3 Å². The quantitative estimate of drug-likeness (QED) is 0.877. The standard InChI is InChI=1S/C15H22N2O2/c1-11-7-13-14(19-10-18-13)8-12(11)3-6-17(2)9-15(16)4-5-15/h7-8H,3-6,9-10,16H2,1-2H3. The summed E-state index contributed by atoms with van der Waals surface area (Å²) in [4.78, 5) is 2.33. The Balaban J connectivity index is 1.60. The fraction of sp³-hybridized carbons (Fsp3) is 0.600. The molecule has 1 fully saturated rings. The third kappa shape index (κ3) is 2.85. The van der Waals surface area contributed by atoms with Crippen molar-refractivity contribution in [1.29, 1.82) is 0 Å². The Morgan fingerprint density at radius 2 is 1.95 bits per heavy atom. The summed E-state index contributed by atoms with van der Waals surface area (Å²) in [7, 11) is 2.15. The molecule has 1 aromatic carbocycles. The fourth-order valence-corrected chi connectivity index (χ4v) is 2.60. The highest BCUT2D eigenvalue weighted by molar-refractivity contribution is 5.48. The Hall–Kier alpha value is -1.26. The number of rotatable bonds is 5. The van der Waals surface area contributed by atoms with Gasteiger partial charge in [-0.15, -0.1) is 0 Å². The van der Waals surface area contributed by atoms with Crippen LogP contribution in [0.4, 0.5) is 0 Å². The van der Waals surface area contributed by atoms with E-state index in [1.165, 1.54) is 24.0 Å². The SMILES string of the molecule is Cc1cc2c(cc1CCN(C)CC1(N)CC1)OCO2. The molecule has 19 heavy (non-hydrogen) atoms. The van der Waals surface area contributed by atoms with Crippen LogP contribution in [0.3, 0.4) is 0 Å². The van der Waals surface area contributed by atoms with Crippen LogP contribution in [-0.4, -0.2) is 37.4 Å². The van der Waals surface area contributed by atoms with Crippen molar-refractivity contribution < 1.29 is 9.47 Å². The van der Waals surface area contributed by atoms with Gasteiger partial charge in [0.15, 0.2) is 11.5 Å². The molecule has 4 nitrogen and oxygen atoms in total. The molecule has 0 unspecified atom stereocenters. The van der Waals surface area contributed by atoms with Gasteiger partial charge in [-0.25, -0.2) is 0 Å². The number of ether oxygens (including phenoxy) is 2. The minimum atomic E-state index is 0.0959. The van der Waals surface area contributed by atoms with Gasteiger partial charge in [0.05, 0.1) is 0 Å². The molecular formula is C15H22N2O2. The summed E-state index contributed by atoms with van der Waals surface area (Å²) >= 11 is 0. The zero-order valence-corrected chi connectivity index (χ0v) is 11.7. The Morgan fingerprint density at radius 1 is 1.26 bits per heavy atom. The lowest BCUT2D eigenvalue weighted by molar-refractivity contribution is 0.174. The van der Waals surface area contributed by atoms with E-state index in [9.17, 15) is 0 Å². The Morgan fingerprint density at radius 3 is 2.63 bits per heavy atom. The van der Waals surface area contributed by atoms with E-state index < -0.39 is 0 Å². The van der Waals surface area contributed by atoms with Gasteiger partial charge in [0.25, 0.3) is 0 Å². The molecule has 2 aliphatic rings. The summed E-state index contributed by atoms with van der Waals surface area (Å²) < 4.78 is 10.8. The van der Waals surface area contributed by atoms with E-state index in [1.54, 1.807) is 0 Å². The van der Waals surface area contributed by atoms with E-state index in [2.05, 4.69) is 31.0 Å². The van der Waals surface area contributed by atoms with Crippen LogP contribution in [0.5, 0.6) is 11.5 Å². The van der Waals surface area contributed by atoms with Crippen molar-refractivity contribution in [2.24, 2.45) is 5.73 Å². The molecule has 4 heteroatoms. The molecule has 104 valence electrons. The first-order valence-corrected chi connectivity index (χ1v) is 6.92. The number of nitrogens with zero attached hydrogens (tertiary/aromatic N) is 1. The first kappa shape index (κ1) is 12.8.